The zero-order chi connectivity index (χ0) is 18.7. The molecule has 1 aliphatic carbocycles. The largest absolute Gasteiger partial charge is 0.496 e. The van der Waals surface area contributed by atoms with Crippen molar-refractivity contribution in [2.75, 3.05) is 7.11 Å². The molecule has 0 radical (unpaired) electrons. The molecule has 1 aliphatic rings. The van der Waals surface area contributed by atoms with Crippen LogP contribution in [0.15, 0.2) is 36.5 Å². The van der Waals surface area contributed by atoms with E-state index in [2.05, 4.69) is 4.98 Å². The first-order valence-electron chi connectivity index (χ1n) is 8.74. The van der Waals surface area contributed by atoms with E-state index in [1.165, 1.54) is 25.3 Å². The summed E-state index contributed by atoms with van der Waals surface area (Å²) < 4.78 is 24.5. The highest BCUT2D eigenvalue weighted by atomic mass is 19.1. The third-order valence-electron chi connectivity index (χ3n) is 4.15. The predicted octanol–water partition coefficient (Wildman–Crippen LogP) is 3.82. The van der Waals surface area contributed by atoms with Gasteiger partial charge in [-0.2, -0.15) is 0 Å². The minimum absolute atomic E-state index is 0.0236. The van der Waals surface area contributed by atoms with Crippen molar-refractivity contribution < 1.29 is 18.7 Å². The number of ether oxygens (including phenoxy) is 2. The fourth-order valence-electron chi connectivity index (χ4n) is 2.81. The van der Waals surface area contributed by atoms with Gasteiger partial charge in [-0.3, -0.25) is 4.79 Å². The molecule has 0 N–H and O–H groups in total. The van der Waals surface area contributed by atoms with Crippen molar-refractivity contribution in [1.29, 1.82) is 0 Å². The van der Waals surface area contributed by atoms with E-state index < -0.39 is 5.82 Å². The van der Waals surface area contributed by atoms with E-state index in [-0.39, 0.29) is 23.6 Å². The third kappa shape index (κ3) is 4.31. The summed E-state index contributed by atoms with van der Waals surface area (Å²) in [5.41, 5.74) is 1.17. The summed E-state index contributed by atoms with van der Waals surface area (Å²) in [4.78, 5) is 19.0. The van der Waals surface area contributed by atoms with Gasteiger partial charge < -0.3 is 14.4 Å². The van der Waals surface area contributed by atoms with Gasteiger partial charge in [-0.15, -0.1) is 0 Å². The summed E-state index contributed by atoms with van der Waals surface area (Å²) in [5.74, 6) is 0.220. The van der Waals surface area contributed by atoms with Gasteiger partial charge in [-0.25, -0.2) is 9.37 Å². The Bertz CT molecular complexity index is 790. The van der Waals surface area contributed by atoms with Gasteiger partial charge in [0.2, 0.25) is 5.88 Å². The number of hydrogen-bond donors (Lipinski definition) is 0. The van der Waals surface area contributed by atoms with Gasteiger partial charge in [0.1, 0.15) is 11.6 Å². The fraction of sp³-hybridized carbons (Fsp3) is 0.400. The smallest absolute Gasteiger partial charge is 0.258 e. The van der Waals surface area contributed by atoms with Gasteiger partial charge in [0.15, 0.2) is 0 Å². The van der Waals surface area contributed by atoms with Crippen LogP contribution in [-0.2, 0) is 6.54 Å². The van der Waals surface area contributed by atoms with Gasteiger partial charge in [0.25, 0.3) is 5.91 Å². The Labute approximate surface area is 152 Å². The number of nitrogens with zero attached hydrogens (tertiary/aromatic N) is 2. The summed E-state index contributed by atoms with van der Waals surface area (Å²) in [6, 6.07) is 7.86. The third-order valence-corrected chi connectivity index (χ3v) is 4.15. The molecule has 0 unspecified atom stereocenters. The number of amides is 1. The maximum atomic E-state index is 13.7. The van der Waals surface area contributed by atoms with Crippen molar-refractivity contribution in [3.8, 4) is 11.6 Å². The van der Waals surface area contributed by atoms with Crippen LogP contribution in [0.1, 0.15) is 42.6 Å². The second kappa shape index (κ2) is 7.72. The summed E-state index contributed by atoms with van der Waals surface area (Å²) in [5, 5.41) is 0. The SMILES string of the molecule is COc1ccc(F)cc1C(=O)N(Cc1ccnc(OC(C)C)c1)C1CC1. The highest BCUT2D eigenvalue weighted by molar-refractivity contribution is 5.97. The molecule has 0 aliphatic heterocycles. The Hall–Kier alpha value is -2.63. The monoisotopic (exact) mass is 358 g/mol. The van der Waals surface area contributed by atoms with E-state index in [1.54, 1.807) is 11.1 Å². The van der Waals surface area contributed by atoms with E-state index >= 15 is 0 Å². The molecular formula is C20H23FN2O3. The van der Waals surface area contributed by atoms with Crippen LogP contribution in [0.2, 0.25) is 0 Å². The van der Waals surface area contributed by atoms with Gasteiger partial charge >= 0.3 is 0 Å². The van der Waals surface area contributed by atoms with Crippen LogP contribution in [0.3, 0.4) is 0 Å². The van der Waals surface area contributed by atoms with Crippen LogP contribution in [0.5, 0.6) is 11.6 Å². The predicted molar refractivity (Wildman–Crippen MR) is 95.8 cm³/mol. The normalized spacial score (nSPS) is 13.6. The van der Waals surface area contributed by atoms with Crippen molar-refractivity contribution in [2.24, 2.45) is 0 Å². The average Bonchev–Trinajstić information content (AvgIpc) is 3.44. The first-order chi connectivity index (χ1) is 12.5. The number of pyridine rings is 1. The zero-order valence-electron chi connectivity index (χ0n) is 15.2. The number of rotatable bonds is 7. The molecule has 2 aromatic rings. The number of methoxy groups -OCH3 is 1. The van der Waals surface area contributed by atoms with Gasteiger partial charge in [0.05, 0.1) is 18.8 Å². The Morgan fingerprint density at radius 2 is 2.08 bits per heavy atom. The number of carbonyl (C=O) groups is 1. The summed E-state index contributed by atoms with van der Waals surface area (Å²) in [6.07, 6.45) is 3.59. The number of carbonyl (C=O) groups excluding carboxylic acids is 1. The average molecular weight is 358 g/mol. The van der Waals surface area contributed by atoms with Crippen LogP contribution in [0.4, 0.5) is 4.39 Å². The molecule has 26 heavy (non-hydrogen) atoms. The van der Waals surface area contributed by atoms with Crippen LogP contribution < -0.4 is 9.47 Å². The molecule has 1 aromatic heterocycles. The van der Waals surface area contributed by atoms with E-state index in [0.717, 1.165) is 18.4 Å². The highest BCUT2D eigenvalue weighted by Crippen LogP contribution is 2.32. The molecule has 3 rings (SSSR count). The highest BCUT2D eigenvalue weighted by Gasteiger charge is 2.34. The molecule has 1 amide bonds. The number of hydrogen-bond acceptors (Lipinski definition) is 4. The molecule has 0 bridgehead atoms. The lowest BCUT2D eigenvalue weighted by Gasteiger charge is -2.24. The first kappa shape index (κ1) is 18.2. The standard InChI is InChI=1S/C20H23FN2O3/c1-13(2)26-19-10-14(8-9-22-19)12-23(16-5-6-16)20(24)17-11-15(21)4-7-18(17)25-3/h4,7-11,13,16H,5-6,12H2,1-3H3. The Kier molecular flexibility index (Phi) is 5.40. The maximum Gasteiger partial charge on any atom is 0.258 e. The first-order valence-corrected chi connectivity index (χ1v) is 8.74. The van der Waals surface area contributed by atoms with Crippen molar-refractivity contribution in [3.05, 3.63) is 53.5 Å². The number of halogens is 1. The maximum absolute atomic E-state index is 13.7. The summed E-state index contributed by atoms with van der Waals surface area (Å²) in [7, 11) is 1.48. The van der Waals surface area contributed by atoms with E-state index in [1.807, 2.05) is 26.0 Å². The van der Waals surface area contributed by atoms with Gasteiger partial charge in [0, 0.05) is 24.8 Å². The van der Waals surface area contributed by atoms with E-state index in [4.69, 9.17) is 9.47 Å². The Balaban J connectivity index is 1.84. The molecule has 0 spiro atoms. The lowest BCUT2D eigenvalue weighted by atomic mass is 10.1. The molecule has 6 heteroatoms. The zero-order valence-corrected chi connectivity index (χ0v) is 15.2. The second-order valence-corrected chi connectivity index (χ2v) is 6.68. The molecule has 1 saturated carbocycles. The molecule has 138 valence electrons. The Morgan fingerprint density at radius 3 is 2.73 bits per heavy atom. The number of benzene rings is 1. The number of aromatic nitrogens is 1. The molecule has 0 saturated heterocycles. The summed E-state index contributed by atoms with van der Waals surface area (Å²) in [6.45, 7) is 4.29. The quantitative estimate of drug-likeness (QED) is 0.755. The minimum Gasteiger partial charge on any atom is -0.496 e. The molecule has 0 atom stereocenters. The lowest BCUT2D eigenvalue weighted by Crippen LogP contribution is -2.33. The van der Waals surface area contributed by atoms with Crippen molar-refractivity contribution in [3.63, 3.8) is 0 Å². The fourth-order valence-corrected chi connectivity index (χ4v) is 2.81. The second-order valence-electron chi connectivity index (χ2n) is 6.68. The van der Waals surface area contributed by atoms with Crippen LogP contribution in [-0.4, -0.2) is 35.0 Å². The lowest BCUT2D eigenvalue weighted by molar-refractivity contribution is 0.0725. The molecule has 1 heterocycles. The van der Waals surface area contributed by atoms with Crippen molar-refractivity contribution >= 4 is 5.91 Å². The Morgan fingerprint density at radius 1 is 1.31 bits per heavy atom. The van der Waals surface area contributed by atoms with Crippen LogP contribution in [0, 0.1) is 5.82 Å². The van der Waals surface area contributed by atoms with Gasteiger partial charge in [-0.05, 0) is 56.5 Å². The van der Waals surface area contributed by atoms with E-state index in [0.29, 0.717) is 18.2 Å². The van der Waals surface area contributed by atoms with Crippen molar-refractivity contribution in [1.82, 2.24) is 9.88 Å². The molecular weight excluding hydrogens is 335 g/mol. The van der Waals surface area contributed by atoms with Gasteiger partial charge in [-0.1, -0.05) is 0 Å². The van der Waals surface area contributed by atoms with E-state index in [9.17, 15) is 9.18 Å². The molecule has 1 aromatic carbocycles. The minimum atomic E-state index is -0.457. The molecule has 1 fully saturated rings. The molecule has 5 nitrogen and oxygen atoms in total. The summed E-state index contributed by atoms with van der Waals surface area (Å²) >= 11 is 0. The topological polar surface area (TPSA) is 51.7 Å². The van der Waals surface area contributed by atoms with Crippen LogP contribution >= 0.6 is 0 Å². The van der Waals surface area contributed by atoms with Crippen molar-refractivity contribution in [2.45, 2.75) is 45.4 Å². The van der Waals surface area contributed by atoms with Crippen LogP contribution in [0.25, 0.3) is 0 Å².